The largest absolute Gasteiger partial charge is 0.478 e. The first-order valence-electron chi connectivity index (χ1n) is 5.80. The molecule has 9 nitrogen and oxygen atoms in total. The Labute approximate surface area is 117 Å². The van der Waals surface area contributed by atoms with Gasteiger partial charge in [-0.1, -0.05) is 6.07 Å². The van der Waals surface area contributed by atoms with Crippen LogP contribution in [-0.4, -0.2) is 30.8 Å². The number of hydrogen-bond acceptors (Lipinski definition) is 6. The van der Waals surface area contributed by atoms with E-state index in [2.05, 4.69) is 25.1 Å². The molecule has 1 aromatic carbocycles. The van der Waals surface area contributed by atoms with Gasteiger partial charge in [0.1, 0.15) is 5.53 Å². The van der Waals surface area contributed by atoms with Crippen molar-refractivity contribution in [1.82, 2.24) is 24.7 Å². The number of rotatable bonds is 3. The Bertz CT molecular complexity index is 896. The number of carboxylic acids is 1. The molecule has 9 heteroatoms. The molecule has 21 heavy (non-hydrogen) atoms. The Kier molecular flexibility index (Phi) is 2.94. The molecule has 0 bridgehead atoms. The predicted octanol–water partition coefficient (Wildman–Crippen LogP) is 1.70. The lowest BCUT2D eigenvalue weighted by atomic mass is 10.2. The SMILES string of the molecule is N=[N+]=Nc1nccnc1-n1ncc2ccc(C(=O)O)cc21. The molecule has 0 saturated carbocycles. The average Bonchev–Trinajstić information content (AvgIpc) is 2.91. The molecule has 2 N–H and O–H groups in total. The Balaban J connectivity index is 2.28. The van der Waals surface area contributed by atoms with Crippen LogP contribution in [0.2, 0.25) is 0 Å². The molecule has 0 aliphatic carbocycles. The maximum atomic E-state index is 11.1. The Morgan fingerprint density at radius 1 is 1.33 bits per heavy atom. The van der Waals surface area contributed by atoms with Gasteiger partial charge < -0.3 is 5.11 Å². The van der Waals surface area contributed by atoms with Crippen molar-refractivity contribution in [3.63, 3.8) is 0 Å². The van der Waals surface area contributed by atoms with Crippen LogP contribution in [0.3, 0.4) is 0 Å². The molecule has 2 heterocycles. The predicted molar refractivity (Wildman–Crippen MR) is 70.6 cm³/mol. The maximum absolute atomic E-state index is 11.1. The van der Waals surface area contributed by atoms with Crippen molar-refractivity contribution in [2.45, 2.75) is 0 Å². The number of nitrogens with one attached hydrogen (secondary N) is 1. The lowest BCUT2D eigenvalue weighted by Gasteiger charge is -2.02. The summed E-state index contributed by atoms with van der Waals surface area (Å²) < 4.78 is 1.42. The second-order valence-electron chi connectivity index (χ2n) is 4.04. The van der Waals surface area contributed by atoms with Crippen molar-refractivity contribution < 1.29 is 9.90 Å². The zero-order chi connectivity index (χ0) is 14.8. The summed E-state index contributed by atoms with van der Waals surface area (Å²) in [7, 11) is 0. The molecule has 0 atom stereocenters. The van der Waals surface area contributed by atoms with Gasteiger partial charge in [-0.3, -0.25) is 0 Å². The van der Waals surface area contributed by atoms with E-state index >= 15 is 0 Å². The Morgan fingerprint density at radius 3 is 2.90 bits per heavy atom. The topological polar surface area (TPSA) is 131 Å². The summed E-state index contributed by atoms with van der Waals surface area (Å²) in [5, 5.41) is 17.6. The van der Waals surface area contributed by atoms with Gasteiger partial charge >= 0.3 is 5.97 Å². The standard InChI is InChI=1S/C12H7N7O2/c13-18-17-10-11(15-4-3-14-10)19-9-5-7(12(20)21)1-2-8(9)6-16-19/h1-6,13H/p+1. The number of nitrogens with zero attached hydrogens (tertiary/aromatic N) is 6. The van der Waals surface area contributed by atoms with Gasteiger partial charge in [-0.15, -0.1) is 0 Å². The molecule has 0 unspecified atom stereocenters. The van der Waals surface area contributed by atoms with Crippen molar-refractivity contribution >= 4 is 22.7 Å². The summed E-state index contributed by atoms with van der Waals surface area (Å²) >= 11 is 0. The number of fused-ring (bicyclic) bond motifs is 1. The van der Waals surface area contributed by atoms with Crippen molar-refractivity contribution in [2.24, 2.45) is 5.11 Å². The lowest BCUT2D eigenvalue weighted by Crippen LogP contribution is -2.02. The van der Waals surface area contributed by atoms with E-state index < -0.39 is 5.97 Å². The summed E-state index contributed by atoms with van der Waals surface area (Å²) in [4.78, 5) is 22.1. The molecule has 0 spiro atoms. The first-order chi connectivity index (χ1) is 10.2. The third kappa shape index (κ3) is 2.13. The third-order valence-electron chi connectivity index (χ3n) is 2.82. The smallest absolute Gasteiger partial charge is 0.335 e. The van der Waals surface area contributed by atoms with Gasteiger partial charge in [-0.05, 0) is 12.1 Å². The van der Waals surface area contributed by atoms with Crippen LogP contribution in [0.1, 0.15) is 10.4 Å². The lowest BCUT2D eigenvalue weighted by molar-refractivity contribution is 0.0697. The van der Waals surface area contributed by atoms with Crippen LogP contribution in [0, 0.1) is 5.53 Å². The molecule has 3 aromatic rings. The van der Waals surface area contributed by atoms with Gasteiger partial charge in [-0.2, -0.15) is 5.10 Å². The minimum atomic E-state index is -1.03. The average molecular weight is 282 g/mol. The first kappa shape index (κ1) is 12.6. The van der Waals surface area contributed by atoms with E-state index in [0.29, 0.717) is 5.52 Å². The van der Waals surface area contributed by atoms with E-state index in [0.717, 1.165) is 5.39 Å². The van der Waals surface area contributed by atoms with Crippen molar-refractivity contribution in [3.05, 3.63) is 42.4 Å². The number of aromatic carboxylic acids is 1. The Morgan fingerprint density at radius 2 is 2.14 bits per heavy atom. The molecule has 0 aliphatic heterocycles. The molecule has 0 aliphatic rings. The van der Waals surface area contributed by atoms with E-state index in [1.54, 1.807) is 12.3 Å². The normalized spacial score (nSPS) is 10.3. The van der Waals surface area contributed by atoms with Gasteiger partial charge in [-0.25, -0.2) is 19.4 Å². The second kappa shape index (κ2) is 4.91. The van der Waals surface area contributed by atoms with Gasteiger partial charge in [0, 0.05) is 17.8 Å². The van der Waals surface area contributed by atoms with Crippen LogP contribution in [0.5, 0.6) is 0 Å². The van der Waals surface area contributed by atoms with Crippen molar-refractivity contribution in [1.29, 1.82) is 5.53 Å². The van der Waals surface area contributed by atoms with E-state index in [1.165, 1.54) is 29.2 Å². The van der Waals surface area contributed by atoms with Gasteiger partial charge in [0.2, 0.25) is 10.7 Å². The Hall–Kier alpha value is -3.45. The monoisotopic (exact) mass is 282 g/mol. The summed E-state index contributed by atoms with van der Waals surface area (Å²) in [6, 6.07) is 4.64. The highest BCUT2D eigenvalue weighted by molar-refractivity contribution is 5.93. The van der Waals surface area contributed by atoms with E-state index in [1.807, 2.05) is 0 Å². The van der Waals surface area contributed by atoms with Crippen LogP contribution in [0.25, 0.3) is 16.7 Å². The highest BCUT2D eigenvalue weighted by atomic mass is 16.4. The fourth-order valence-corrected chi connectivity index (χ4v) is 1.91. The van der Waals surface area contributed by atoms with E-state index in [-0.39, 0.29) is 17.2 Å². The summed E-state index contributed by atoms with van der Waals surface area (Å²) in [6.45, 7) is 0. The number of carbonyl (C=O) groups is 1. The zero-order valence-electron chi connectivity index (χ0n) is 10.5. The fraction of sp³-hybridized carbons (Fsp3) is 0. The molecular weight excluding hydrogens is 274 g/mol. The van der Waals surface area contributed by atoms with E-state index in [9.17, 15) is 4.79 Å². The molecule has 3 rings (SSSR count). The third-order valence-corrected chi connectivity index (χ3v) is 2.82. The molecule has 0 amide bonds. The molecule has 102 valence electrons. The summed E-state index contributed by atoms with van der Waals surface area (Å²) in [5.41, 5.74) is 7.49. The number of hydrogen-bond donors (Lipinski definition) is 2. The van der Waals surface area contributed by atoms with E-state index in [4.69, 9.17) is 10.6 Å². The summed E-state index contributed by atoms with van der Waals surface area (Å²) in [5.74, 6) is -0.640. The maximum Gasteiger partial charge on any atom is 0.335 e. The highest BCUT2D eigenvalue weighted by Crippen LogP contribution is 2.23. The van der Waals surface area contributed by atoms with Crippen LogP contribution >= 0.6 is 0 Å². The molecule has 0 fully saturated rings. The highest BCUT2D eigenvalue weighted by Gasteiger charge is 2.15. The van der Waals surface area contributed by atoms with Crippen molar-refractivity contribution in [2.75, 3.05) is 0 Å². The zero-order valence-corrected chi connectivity index (χ0v) is 10.5. The van der Waals surface area contributed by atoms with Crippen LogP contribution in [0.4, 0.5) is 5.82 Å². The number of aromatic nitrogens is 4. The van der Waals surface area contributed by atoms with Crippen LogP contribution in [-0.2, 0) is 0 Å². The fourth-order valence-electron chi connectivity index (χ4n) is 1.91. The molecule has 0 saturated heterocycles. The minimum Gasteiger partial charge on any atom is -0.478 e. The summed E-state index contributed by atoms with van der Waals surface area (Å²) in [6.07, 6.45) is 4.45. The molecule has 2 aromatic heterocycles. The van der Waals surface area contributed by atoms with Gasteiger partial charge in [0.15, 0.2) is 5.11 Å². The first-order valence-corrected chi connectivity index (χ1v) is 5.80. The van der Waals surface area contributed by atoms with Crippen molar-refractivity contribution in [3.8, 4) is 5.82 Å². The minimum absolute atomic E-state index is 0.123. The quantitative estimate of drug-likeness (QED) is 0.557. The van der Waals surface area contributed by atoms with Gasteiger partial charge in [0.25, 0.3) is 5.82 Å². The van der Waals surface area contributed by atoms with Crippen LogP contribution < -0.4 is 4.91 Å². The molecular formula is C12H8N7O2+. The molecule has 0 radical (unpaired) electrons. The number of carboxylic acid groups (broad SMARTS) is 1. The van der Waals surface area contributed by atoms with Crippen LogP contribution in [0.15, 0.2) is 41.9 Å². The van der Waals surface area contributed by atoms with Gasteiger partial charge in [0.05, 0.1) is 17.3 Å². The number of benzene rings is 1. The second-order valence-corrected chi connectivity index (χ2v) is 4.04.